The van der Waals surface area contributed by atoms with Crippen molar-refractivity contribution < 1.29 is 36.3 Å². The molecule has 0 radical (unpaired) electrons. The molecule has 226 valence electrons. The monoisotopic (exact) mass is 605 g/mol. The number of ether oxygens (including phenoxy) is 4. The first-order chi connectivity index (χ1) is 20.4. The molecule has 0 heterocycles. The molecule has 0 fully saturated rings. The molecule has 0 aliphatic carbocycles. The maximum absolute atomic E-state index is 13.3. The van der Waals surface area contributed by atoms with Crippen LogP contribution in [0.3, 0.4) is 0 Å². The van der Waals surface area contributed by atoms with Crippen LogP contribution in [0.15, 0.2) is 72.8 Å². The molecule has 4 rings (SSSR count). The molecule has 0 aliphatic heterocycles. The molecule has 10 heteroatoms. The Balaban J connectivity index is 1.89. The Morgan fingerprint density at radius 1 is 0.791 bits per heavy atom. The van der Waals surface area contributed by atoms with Crippen LogP contribution in [0.2, 0.25) is 0 Å². The number of anilines is 1. The van der Waals surface area contributed by atoms with Crippen LogP contribution in [-0.4, -0.2) is 56.1 Å². The van der Waals surface area contributed by atoms with Gasteiger partial charge in [-0.15, -0.1) is 0 Å². The Hall–Kier alpha value is -4.70. The third-order valence-corrected chi connectivity index (χ3v) is 7.22. The van der Waals surface area contributed by atoms with Crippen molar-refractivity contribution in [3.63, 3.8) is 0 Å². The van der Waals surface area contributed by atoms with Crippen LogP contribution >= 0.6 is 0 Å². The van der Waals surface area contributed by atoms with Gasteiger partial charge in [-0.1, -0.05) is 48.0 Å². The van der Waals surface area contributed by atoms with E-state index in [0.717, 1.165) is 28.6 Å². The van der Waals surface area contributed by atoms with Crippen LogP contribution in [0.4, 0.5) is 5.69 Å². The van der Waals surface area contributed by atoms with Crippen LogP contribution in [0.25, 0.3) is 22.3 Å². The zero-order valence-corrected chi connectivity index (χ0v) is 26.1. The normalized spacial score (nSPS) is 11.0. The summed E-state index contributed by atoms with van der Waals surface area (Å²) in [5.74, 6) is 0.101. The van der Waals surface area contributed by atoms with Crippen molar-refractivity contribution in [2.24, 2.45) is 0 Å². The third-order valence-electron chi connectivity index (χ3n) is 6.74. The second-order valence-corrected chi connectivity index (χ2v) is 11.6. The Labute approximate surface area is 252 Å². The number of hydrogen-bond donors (Lipinski definition) is 0. The van der Waals surface area contributed by atoms with Crippen LogP contribution in [0, 0.1) is 6.92 Å². The number of benzene rings is 4. The Morgan fingerprint density at radius 2 is 1.44 bits per heavy atom. The van der Waals surface area contributed by atoms with Gasteiger partial charge in [-0.25, -0.2) is 4.79 Å². The Morgan fingerprint density at radius 3 is 2.00 bits per heavy atom. The number of rotatable bonds is 11. The SMILES string of the molecule is COC(=O)c1c(OC)c(-c2ccc(N(C)C)cc2)cc(OC)c1-c1ccc(OCc2ccc(C)cc2)c(OS(C)(=O)=O)c1. The lowest BCUT2D eigenvalue weighted by Crippen LogP contribution is -2.10. The molecule has 0 aliphatic rings. The maximum Gasteiger partial charge on any atom is 0.342 e. The van der Waals surface area contributed by atoms with Crippen molar-refractivity contribution in [2.75, 3.05) is 46.6 Å². The fourth-order valence-corrected chi connectivity index (χ4v) is 5.06. The number of aryl methyl sites for hydroxylation is 1. The molecule has 9 nitrogen and oxygen atoms in total. The van der Waals surface area contributed by atoms with E-state index in [1.54, 1.807) is 18.2 Å². The van der Waals surface area contributed by atoms with Crippen LogP contribution in [0.5, 0.6) is 23.0 Å². The summed E-state index contributed by atoms with van der Waals surface area (Å²) in [7, 11) is 4.19. The topological polar surface area (TPSA) is 101 Å². The van der Waals surface area contributed by atoms with E-state index in [9.17, 15) is 13.2 Å². The van der Waals surface area contributed by atoms with Gasteiger partial charge in [0.25, 0.3) is 0 Å². The van der Waals surface area contributed by atoms with Gasteiger partial charge in [-0.2, -0.15) is 8.42 Å². The third kappa shape index (κ3) is 7.21. The van der Waals surface area contributed by atoms with Gasteiger partial charge in [0.2, 0.25) is 0 Å². The lowest BCUT2D eigenvalue weighted by Gasteiger charge is -2.21. The zero-order chi connectivity index (χ0) is 31.3. The van der Waals surface area contributed by atoms with Gasteiger partial charge < -0.3 is 28.0 Å². The van der Waals surface area contributed by atoms with Gasteiger partial charge >= 0.3 is 16.1 Å². The summed E-state index contributed by atoms with van der Waals surface area (Å²) in [6, 6.07) is 22.1. The van der Waals surface area contributed by atoms with Crippen LogP contribution < -0.4 is 23.3 Å². The molecule has 0 amide bonds. The number of esters is 1. The minimum atomic E-state index is -3.93. The summed E-state index contributed by atoms with van der Waals surface area (Å²) in [5, 5.41) is 0. The summed E-state index contributed by atoms with van der Waals surface area (Å²) in [5.41, 5.74) is 5.27. The van der Waals surface area contributed by atoms with Gasteiger partial charge in [0.1, 0.15) is 23.7 Å². The molecule has 0 saturated carbocycles. The van der Waals surface area contributed by atoms with E-state index < -0.39 is 16.1 Å². The van der Waals surface area contributed by atoms with E-state index in [2.05, 4.69) is 0 Å². The average Bonchev–Trinajstić information content (AvgIpc) is 2.99. The summed E-state index contributed by atoms with van der Waals surface area (Å²) in [6.45, 7) is 2.17. The van der Waals surface area contributed by atoms with Gasteiger partial charge in [0.15, 0.2) is 11.5 Å². The fourth-order valence-electron chi connectivity index (χ4n) is 4.61. The van der Waals surface area contributed by atoms with Crippen LogP contribution in [0.1, 0.15) is 21.5 Å². The van der Waals surface area contributed by atoms with Crippen molar-refractivity contribution in [1.82, 2.24) is 0 Å². The van der Waals surface area contributed by atoms with E-state index in [-0.39, 0.29) is 29.4 Å². The first-order valence-corrected chi connectivity index (χ1v) is 15.1. The van der Waals surface area contributed by atoms with Gasteiger partial charge in [-0.05, 0) is 53.9 Å². The molecular formula is C33H35NO8S. The number of nitrogens with zero attached hydrogens (tertiary/aromatic N) is 1. The average molecular weight is 606 g/mol. The van der Waals surface area contributed by atoms with Crippen molar-refractivity contribution in [3.05, 3.63) is 89.5 Å². The minimum Gasteiger partial charge on any atom is -0.496 e. The molecule has 0 unspecified atom stereocenters. The van der Waals surface area contributed by atoms with E-state index in [1.807, 2.05) is 74.4 Å². The van der Waals surface area contributed by atoms with E-state index in [4.69, 9.17) is 23.1 Å². The summed E-state index contributed by atoms with van der Waals surface area (Å²) in [4.78, 5) is 15.3. The fraction of sp³-hybridized carbons (Fsp3) is 0.242. The number of carbonyl (C=O) groups excluding carboxylic acids is 1. The van der Waals surface area contributed by atoms with E-state index in [1.165, 1.54) is 27.4 Å². The molecule has 4 aromatic carbocycles. The standard InChI is InChI=1S/C33H35NO8S/c1-21-8-10-22(11-9-21)20-41-27-17-14-24(18-28(27)42-43(7,36)37)30-29(38-4)19-26(32(39-5)31(30)33(35)40-6)23-12-15-25(16-13-23)34(2)3/h8-19H,20H2,1-7H3. The predicted molar refractivity (Wildman–Crippen MR) is 167 cm³/mol. The van der Waals surface area contributed by atoms with Crippen molar-refractivity contribution in [3.8, 4) is 45.3 Å². The smallest absolute Gasteiger partial charge is 0.342 e. The largest absolute Gasteiger partial charge is 0.496 e. The molecule has 0 spiro atoms. The first-order valence-electron chi connectivity index (χ1n) is 13.3. The lowest BCUT2D eigenvalue weighted by atomic mass is 9.92. The summed E-state index contributed by atoms with van der Waals surface area (Å²) in [6.07, 6.45) is 0.948. The highest BCUT2D eigenvalue weighted by Crippen LogP contribution is 2.47. The lowest BCUT2D eigenvalue weighted by molar-refractivity contribution is 0.0597. The zero-order valence-electron chi connectivity index (χ0n) is 25.3. The molecule has 0 aromatic heterocycles. The number of hydrogen-bond acceptors (Lipinski definition) is 9. The quantitative estimate of drug-likeness (QED) is 0.148. The first kappa shape index (κ1) is 31.2. The molecule has 0 bridgehead atoms. The van der Waals surface area contributed by atoms with Gasteiger partial charge in [0.05, 0.1) is 27.6 Å². The molecule has 0 atom stereocenters. The van der Waals surface area contributed by atoms with Crippen LogP contribution in [-0.2, 0) is 21.5 Å². The molecule has 43 heavy (non-hydrogen) atoms. The number of methoxy groups -OCH3 is 3. The van der Waals surface area contributed by atoms with Crippen molar-refractivity contribution >= 4 is 21.8 Å². The molecule has 4 aromatic rings. The Kier molecular flexibility index (Phi) is 9.50. The molecule has 0 N–H and O–H groups in total. The van der Waals surface area contributed by atoms with E-state index >= 15 is 0 Å². The highest BCUT2D eigenvalue weighted by Gasteiger charge is 2.28. The maximum atomic E-state index is 13.3. The highest BCUT2D eigenvalue weighted by molar-refractivity contribution is 7.86. The summed E-state index contributed by atoms with van der Waals surface area (Å²) >= 11 is 0. The predicted octanol–water partition coefficient (Wildman–Crippen LogP) is 6.12. The van der Waals surface area contributed by atoms with Crippen molar-refractivity contribution in [1.29, 1.82) is 0 Å². The Bertz CT molecular complexity index is 1710. The second-order valence-electron chi connectivity index (χ2n) is 10.1. The second kappa shape index (κ2) is 13.1. The van der Waals surface area contributed by atoms with Gasteiger partial charge in [-0.3, -0.25) is 0 Å². The van der Waals surface area contributed by atoms with E-state index in [0.29, 0.717) is 22.4 Å². The van der Waals surface area contributed by atoms with Gasteiger partial charge in [0, 0.05) is 30.9 Å². The molecule has 0 saturated heterocycles. The number of carbonyl (C=O) groups is 1. The van der Waals surface area contributed by atoms with Crippen molar-refractivity contribution in [2.45, 2.75) is 13.5 Å². The summed E-state index contributed by atoms with van der Waals surface area (Å²) < 4.78 is 52.5. The minimum absolute atomic E-state index is 0.0488. The highest BCUT2D eigenvalue weighted by atomic mass is 32.2. The molecular weight excluding hydrogens is 570 g/mol.